The third-order valence-corrected chi connectivity index (χ3v) is 5.50. The number of para-hydroxylation sites is 2. The Kier molecular flexibility index (Phi) is 6.60. The number of aliphatic imine (C=N–C) groups is 1. The number of carboxylic acid groups (broad SMARTS) is 1. The topological polar surface area (TPSA) is 82.0 Å². The van der Waals surface area contributed by atoms with Crippen molar-refractivity contribution in [3.05, 3.63) is 96.1 Å². The van der Waals surface area contributed by atoms with Crippen LogP contribution in [-0.2, 0) is 9.59 Å². The number of benzene rings is 3. The summed E-state index contributed by atoms with van der Waals surface area (Å²) in [6, 6.07) is 26.5. The van der Waals surface area contributed by atoms with Crippen LogP contribution >= 0.6 is 0 Å². The molecule has 1 atom stereocenters. The van der Waals surface area contributed by atoms with Crippen molar-refractivity contribution in [3.63, 3.8) is 0 Å². The van der Waals surface area contributed by atoms with E-state index in [0.29, 0.717) is 17.0 Å². The summed E-state index contributed by atoms with van der Waals surface area (Å²) in [5, 5.41) is 12.3. The van der Waals surface area contributed by atoms with E-state index in [0.717, 1.165) is 30.6 Å². The van der Waals surface area contributed by atoms with Crippen molar-refractivity contribution in [1.82, 2.24) is 0 Å². The van der Waals surface area contributed by atoms with E-state index in [9.17, 15) is 9.59 Å². The molecule has 6 heteroatoms. The Bertz CT molecular complexity index is 1110. The molecule has 3 aromatic rings. The molecule has 1 heterocycles. The van der Waals surface area contributed by atoms with Crippen molar-refractivity contribution in [2.75, 3.05) is 23.3 Å². The van der Waals surface area contributed by atoms with Crippen molar-refractivity contribution in [3.8, 4) is 0 Å². The fraction of sp³-hybridized carbons (Fsp3) is 0.192. The van der Waals surface area contributed by atoms with Gasteiger partial charge in [-0.3, -0.25) is 14.6 Å². The van der Waals surface area contributed by atoms with Gasteiger partial charge in [0, 0.05) is 23.4 Å². The Labute approximate surface area is 187 Å². The van der Waals surface area contributed by atoms with E-state index >= 15 is 0 Å². The maximum absolute atomic E-state index is 13.3. The van der Waals surface area contributed by atoms with Crippen LogP contribution in [0.3, 0.4) is 0 Å². The standard InChI is InChI=1S/C26H25N3O3/c30-24(31)18-27-25(19-10-3-1-4-11-19)21-14-7-8-15-22(21)28-26(32)23-16-9-17-29(23)20-12-5-2-6-13-20/h1-8,10-15,23H,9,16-18H2,(H,28,32)(H,30,31)/i24+1. The highest BCUT2D eigenvalue weighted by molar-refractivity contribution is 6.17. The highest BCUT2D eigenvalue weighted by Gasteiger charge is 2.31. The van der Waals surface area contributed by atoms with Gasteiger partial charge in [0.2, 0.25) is 5.91 Å². The molecular formula is C26H25N3O3. The van der Waals surface area contributed by atoms with E-state index in [4.69, 9.17) is 5.11 Å². The molecule has 0 spiro atoms. The first-order valence-corrected chi connectivity index (χ1v) is 10.7. The summed E-state index contributed by atoms with van der Waals surface area (Å²) in [5.41, 5.74) is 3.67. The molecule has 1 amide bonds. The van der Waals surface area contributed by atoms with Crippen LogP contribution in [0.4, 0.5) is 11.4 Å². The zero-order valence-electron chi connectivity index (χ0n) is 17.6. The normalized spacial score (nSPS) is 16.1. The summed E-state index contributed by atoms with van der Waals surface area (Å²) >= 11 is 0. The Morgan fingerprint density at radius 1 is 0.938 bits per heavy atom. The molecule has 6 nitrogen and oxygen atoms in total. The second-order valence-electron chi connectivity index (χ2n) is 7.65. The van der Waals surface area contributed by atoms with Crippen molar-refractivity contribution in [2.45, 2.75) is 18.9 Å². The van der Waals surface area contributed by atoms with Gasteiger partial charge >= 0.3 is 5.97 Å². The fourth-order valence-electron chi connectivity index (χ4n) is 4.06. The van der Waals surface area contributed by atoms with Gasteiger partial charge in [0.15, 0.2) is 0 Å². The molecule has 0 radical (unpaired) electrons. The van der Waals surface area contributed by atoms with E-state index in [1.165, 1.54) is 0 Å². The van der Waals surface area contributed by atoms with Gasteiger partial charge in [0.25, 0.3) is 0 Å². The SMILES string of the molecule is O=C(Nc1ccccc1C(=NC[13C](=O)O)c1ccccc1)C1CCCN1c1ccccc1. The van der Waals surface area contributed by atoms with E-state index in [1.807, 2.05) is 84.9 Å². The lowest BCUT2D eigenvalue weighted by Gasteiger charge is -2.26. The van der Waals surface area contributed by atoms with Gasteiger partial charge in [-0.2, -0.15) is 0 Å². The number of carbonyl (C=O) groups excluding carboxylic acids is 1. The number of aliphatic carboxylic acids is 1. The van der Waals surface area contributed by atoms with Gasteiger partial charge in [-0.15, -0.1) is 0 Å². The minimum Gasteiger partial charge on any atom is -0.480 e. The predicted molar refractivity (Wildman–Crippen MR) is 126 cm³/mol. The Balaban J connectivity index is 1.63. The average Bonchev–Trinajstić information content (AvgIpc) is 3.32. The molecule has 32 heavy (non-hydrogen) atoms. The van der Waals surface area contributed by atoms with Gasteiger partial charge in [0.05, 0.1) is 11.4 Å². The molecule has 1 aliphatic heterocycles. The zero-order chi connectivity index (χ0) is 22.3. The van der Waals surface area contributed by atoms with Gasteiger partial charge < -0.3 is 15.3 Å². The van der Waals surface area contributed by atoms with Crippen molar-refractivity contribution in [1.29, 1.82) is 0 Å². The predicted octanol–water partition coefficient (Wildman–Crippen LogP) is 4.22. The van der Waals surface area contributed by atoms with Crippen LogP contribution in [0.25, 0.3) is 0 Å². The van der Waals surface area contributed by atoms with Gasteiger partial charge in [-0.25, -0.2) is 0 Å². The van der Waals surface area contributed by atoms with Crippen molar-refractivity contribution >= 4 is 29.0 Å². The third-order valence-electron chi connectivity index (χ3n) is 5.50. The third kappa shape index (κ3) is 4.86. The molecule has 2 N–H and O–H groups in total. The molecule has 1 fully saturated rings. The summed E-state index contributed by atoms with van der Waals surface area (Å²) < 4.78 is 0. The lowest BCUT2D eigenvalue weighted by molar-refractivity contribution is -0.135. The van der Waals surface area contributed by atoms with Crippen LogP contribution in [-0.4, -0.2) is 41.8 Å². The maximum atomic E-state index is 13.3. The molecule has 162 valence electrons. The number of amides is 1. The smallest absolute Gasteiger partial charge is 0.325 e. The average molecular weight is 428 g/mol. The van der Waals surface area contributed by atoms with Gasteiger partial charge in [-0.1, -0.05) is 66.7 Å². The highest BCUT2D eigenvalue weighted by atomic mass is 16.5. The molecule has 0 aliphatic carbocycles. The molecule has 3 aromatic carbocycles. The monoisotopic (exact) mass is 428 g/mol. The maximum Gasteiger partial charge on any atom is 0.325 e. The van der Waals surface area contributed by atoms with Crippen LogP contribution in [0.1, 0.15) is 24.0 Å². The summed E-state index contributed by atoms with van der Waals surface area (Å²) in [6.45, 7) is 0.482. The first kappa shape index (κ1) is 21.3. The number of nitrogens with one attached hydrogen (secondary N) is 1. The second-order valence-corrected chi connectivity index (χ2v) is 7.65. The quantitative estimate of drug-likeness (QED) is 0.436. The van der Waals surface area contributed by atoms with Gasteiger partial charge in [-0.05, 0) is 31.0 Å². The zero-order valence-corrected chi connectivity index (χ0v) is 17.6. The lowest BCUT2D eigenvalue weighted by Crippen LogP contribution is -2.40. The lowest BCUT2D eigenvalue weighted by atomic mass is 10.00. The van der Waals surface area contributed by atoms with Crippen molar-refractivity contribution in [2.24, 2.45) is 4.99 Å². The number of hydrogen-bond donors (Lipinski definition) is 2. The van der Waals surface area contributed by atoms with Crippen LogP contribution < -0.4 is 10.2 Å². The van der Waals surface area contributed by atoms with Crippen LogP contribution in [0.2, 0.25) is 0 Å². The summed E-state index contributed by atoms with van der Waals surface area (Å²) in [4.78, 5) is 31.0. The largest absolute Gasteiger partial charge is 0.480 e. The number of carbonyl (C=O) groups is 2. The number of hydrogen-bond acceptors (Lipinski definition) is 4. The molecule has 0 bridgehead atoms. The summed E-state index contributed by atoms with van der Waals surface area (Å²) in [6.07, 6.45) is 1.73. The Hall–Kier alpha value is -3.93. The summed E-state index contributed by atoms with van der Waals surface area (Å²) in [7, 11) is 0. The van der Waals surface area contributed by atoms with E-state index in [2.05, 4.69) is 15.2 Å². The number of anilines is 2. The first-order chi connectivity index (χ1) is 15.6. The number of nitrogens with zero attached hydrogens (tertiary/aromatic N) is 2. The molecular weight excluding hydrogens is 403 g/mol. The van der Waals surface area contributed by atoms with Crippen LogP contribution in [0.5, 0.6) is 0 Å². The molecule has 0 saturated carbocycles. The van der Waals surface area contributed by atoms with Crippen LogP contribution in [0, 0.1) is 0 Å². The molecule has 1 unspecified atom stereocenters. The van der Waals surface area contributed by atoms with Gasteiger partial charge in [0.1, 0.15) is 12.6 Å². The summed E-state index contributed by atoms with van der Waals surface area (Å²) in [5.74, 6) is -1.09. The Morgan fingerprint density at radius 3 is 2.31 bits per heavy atom. The van der Waals surface area contributed by atoms with E-state index in [1.54, 1.807) is 0 Å². The Morgan fingerprint density at radius 2 is 1.59 bits per heavy atom. The minimum atomic E-state index is -1.01. The molecule has 1 aliphatic rings. The van der Waals surface area contributed by atoms with E-state index in [-0.39, 0.29) is 18.5 Å². The first-order valence-electron chi connectivity index (χ1n) is 10.7. The number of rotatable bonds is 7. The van der Waals surface area contributed by atoms with Crippen LogP contribution in [0.15, 0.2) is 89.9 Å². The highest BCUT2D eigenvalue weighted by Crippen LogP contribution is 2.27. The minimum absolute atomic E-state index is 0.0792. The molecule has 1 saturated heterocycles. The van der Waals surface area contributed by atoms with Crippen molar-refractivity contribution < 1.29 is 14.7 Å². The molecule has 4 rings (SSSR count). The fourth-order valence-corrected chi connectivity index (χ4v) is 4.06. The molecule has 0 aromatic heterocycles. The number of carboxylic acids is 1. The second kappa shape index (κ2) is 9.92. The van der Waals surface area contributed by atoms with E-state index < -0.39 is 5.97 Å².